The molecule has 96 valence electrons. The highest BCUT2D eigenvalue weighted by Crippen LogP contribution is 2.16. The molecule has 17 heavy (non-hydrogen) atoms. The van der Waals surface area contributed by atoms with Gasteiger partial charge in [0.15, 0.2) is 0 Å². The molecule has 0 aliphatic carbocycles. The van der Waals surface area contributed by atoms with E-state index in [4.69, 9.17) is 0 Å². The first kappa shape index (κ1) is 14.6. The van der Waals surface area contributed by atoms with Gasteiger partial charge in [0.05, 0.1) is 4.47 Å². The van der Waals surface area contributed by atoms with Crippen LogP contribution in [0, 0.1) is 5.82 Å². The van der Waals surface area contributed by atoms with Crippen LogP contribution in [-0.4, -0.2) is 31.6 Å². The van der Waals surface area contributed by atoms with Gasteiger partial charge in [-0.1, -0.05) is 6.07 Å². The molecule has 1 aromatic rings. The molecule has 1 unspecified atom stereocenters. The molecule has 0 amide bonds. The van der Waals surface area contributed by atoms with E-state index in [1.807, 2.05) is 6.07 Å². The summed E-state index contributed by atoms with van der Waals surface area (Å²) in [6, 6.07) is 5.68. The molecule has 0 aliphatic rings. The smallest absolute Gasteiger partial charge is 0.137 e. The van der Waals surface area contributed by atoms with Gasteiger partial charge in [0.1, 0.15) is 5.82 Å². The van der Waals surface area contributed by atoms with Crippen LogP contribution in [0.3, 0.4) is 0 Å². The van der Waals surface area contributed by atoms with Gasteiger partial charge in [-0.25, -0.2) is 4.39 Å². The van der Waals surface area contributed by atoms with E-state index >= 15 is 0 Å². The zero-order valence-electron chi connectivity index (χ0n) is 10.6. The average Bonchev–Trinajstić information content (AvgIpc) is 2.28. The van der Waals surface area contributed by atoms with E-state index in [2.05, 4.69) is 47.2 Å². The second-order valence-electron chi connectivity index (χ2n) is 4.62. The number of nitrogens with one attached hydrogen (secondary N) is 1. The third-order valence-electron chi connectivity index (χ3n) is 2.65. The van der Waals surface area contributed by atoms with E-state index in [1.54, 1.807) is 12.1 Å². The fraction of sp³-hybridized carbons (Fsp3) is 0.538. The van der Waals surface area contributed by atoms with Crippen molar-refractivity contribution in [3.63, 3.8) is 0 Å². The summed E-state index contributed by atoms with van der Waals surface area (Å²) in [6.45, 7) is 3.92. The van der Waals surface area contributed by atoms with Crippen molar-refractivity contribution in [1.29, 1.82) is 0 Å². The molecule has 0 spiro atoms. The molecule has 0 aliphatic heterocycles. The number of rotatable bonds is 6. The monoisotopic (exact) mass is 302 g/mol. The summed E-state index contributed by atoms with van der Waals surface area (Å²) >= 11 is 3.15. The molecule has 2 nitrogen and oxygen atoms in total. The first-order chi connectivity index (χ1) is 7.99. The van der Waals surface area contributed by atoms with Crippen molar-refractivity contribution < 1.29 is 4.39 Å². The van der Waals surface area contributed by atoms with Crippen LogP contribution in [0.25, 0.3) is 0 Å². The minimum absolute atomic E-state index is 0.203. The molecule has 0 fully saturated rings. The zero-order chi connectivity index (χ0) is 12.8. The Bertz CT molecular complexity index is 355. The summed E-state index contributed by atoms with van der Waals surface area (Å²) in [6.07, 6.45) is 1.09. The van der Waals surface area contributed by atoms with Crippen molar-refractivity contribution >= 4 is 15.9 Å². The van der Waals surface area contributed by atoms with E-state index in [1.165, 1.54) is 0 Å². The molecular formula is C13H20BrFN2. The Balaban J connectivity index is 2.36. The summed E-state index contributed by atoms with van der Waals surface area (Å²) in [5.41, 5.74) is 0.974. The van der Waals surface area contributed by atoms with Gasteiger partial charge in [0.25, 0.3) is 0 Å². The van der Waals surface area contributed by atoms with Crippen molar-refractivity contribution in [2.24, 2.45) is 0 Å². The van der Waals surface area contributed by atoms with Crippen LogP contribution < -0.4 is 5.32 Å². The molecule has 0 saturated carbocycles. The lowest BCUT2D eigenvalue weighted by molar-refractivity contribution is 0.365. The number of hydrogen-bond acceptors (Lipinski definition) is 2. The van der Waals surface area contributed by atoms with Gasteiger partial charge in [0, 0.05) is 12.6 Å². The van der Waals surface area contributed by atoms with E-state index in [0.717, 1.165) is 18.5 Å². The number of hydrogen-bond donors (Lipinski definition) is 1. The van der Waals surface area contributed by atoms with Gasteiger partial charge in [0.2, 0.25) is 0 Å². The molecule has 0 bridgehead atoms. The molecule has 1 atom stereocenters. The van der Waals surface area contributed by atoms with Gasteiger partial charge in [-0.2, -0.15) is 0 Å². The van der Waals surface area contributed by atoms with E-state index in [-0.39, 0.29) is 5.82 Å². The first-order valence-electron chi connectivity index (χ1n) is 5.81. The Hall–Kier alpha value is -0.450. The van der Waals surface area contributed by atoms with E-state index in [0.29, 0.717) is 17.1 Å². The molecule has 0 saturated heterocycles. The summed E-state index contributed by atoms with van der Waals surface area (Å²) in [4.78, 5) is 2.16. The summed E-state index contributed by atoms with van der Waals surface area (Å²) < 4.78 is 13.8. The van der Waals surface area contributed by atoms with E-state index in [9.17, 15) is 4.39 Å². The summed E-state index contributed by atoms with van der Waals surface area (Å²) in [5.74, 6) is -0.203. The molecule has 1 rings (SSSR count). The molecular weight excluding hydrogens is 283 g/mol. The topological polar surface area (TPSA) is 15.3 Å². The van der Waals surface area contributed by atoms with Gasteiger partial charge in [-0.3, -0.25) is 0 Å². The fourth-order valence-electron chi connectivity index (χ4n) is 1.50. The second-order valence-corrected chi connectivity index (χ2v) is 5.48. The molecule has 4 heteroatoms. The largest absolute Gasteiger partial charge is 0.310 e. The van der Waals surface area contributed by atoms with E-state index < -0.39 is 0 Å². The Morgan fingerprint density at radius 1 is 1.41 bits per heavy atom. The van der Waals surface area contributed by atoms with Crippen LogP contribution in [0.1, 0.15) is 18.9 Å². The average molecular weight is 303 g/mol. The standard InChI is InChI=1S/C13H20BrFN2/c1-10(6-7-17(2)3)16-9-11-4-5-12(14)13(15)8-11/h4-5,8,10,16H,6-7,9H2,1-3H3. The van der Waals surface area contributed by atoms with Crippen LogP contribution >= 0.6 is 15.9 Å². The minimum Gasteiger partial charge on any atom is -0.310 e. The summed E-state index contributed by atoms with van der Waals surface area (Å²) in [5, 5.41) is 3.39. The predicted molar refractivity (Wildman–Crippen MR) is 73.6 cm³/mol. The molecule has 1 N–H and O–H groups in total. The SMILES string of the molecule is CC(CCN(C)C)NCc1ccc(Br)c(F)c1. The molecule has 1 aromatic carbocycles. The van der Waals surface area contributed by atoms with Crippen LogP contribution in [0.5, 0.6) is 0 Å². The fourth-order valence-corrected chi connectivity index (χ4v) is 1.74. The van der Waals surface area contributed by atoms with Gasteiger partial charge >= 0.3 is 0 Å². The van der Waals surface area contributed by atoms with Crippen LogP contribution in [-0.2, 0) is 6.54 Å². The highest BCUT2D eigenvalue weighted by molar-refractivity contribution is 9.10. The van der Waals surface area contributed by atoms with Crippen molar-refractivity contribution in [2.45, 2.75) is 25.9 Å². The van der Waals surface area contributed by atoms with Crippen molar-refractivity contribution in [3.05, 3.63) is 34.1 Å². The Labute approximate surface area is 111 Å². The maximum atomic E-state index is 13.3. The Kier molecular flexibility index (Phi) is 6.09. The maximum absolute atomic E-state index is 13.3. The maximum Gasteiger partial charge on any atom is 0.137 e. The third kappa shape index (κ3) is 5.61. The molecule has 0 radical (unpaired) electrons. The van der Waals surface area contributed by atoms with Crippen LogP contribution in [0.15, 0.2) is 22.7 Å². The number of benzene rings is 1. The highest BCUT2D eigenvalue weighted by Gasteiger charge is 2.04. The van der Waals surface area contributed by atoms with Crippen LogP contribution in [0.2, 0.25) is 0 Å². The minimum atomic E-state index is -0.203. The van der Waals surface area contributed by atoms with Crippen molar-refractivity contribution in [2.75, 3.05) is 20.6 Å². The number of nitrogens with zero attached hydrogens (tertiary/aromatic N) is 1. The first-order valence-corrected chi connectivity index (χ1v) is 6.60. The van der Waals surface area contributed by atoms with Gasteiger partial charge in [-0.15, -0.1) is 0 Å². The Morgan fingerprint density at radius 2 is 2.12 bits per heavy atom. The highest BCUT2D eigenvalue weighted by atomic mass is 79.9. The quantitative estimate of drug-likeness (QED) is 0.869. The zero-order valence-corrected chi connectivity index (χ0v) is 12.2. The van der Waals surface area contributed by atoms with Gasteiger partial charge in [-0.05, 0) is 67.6 Å². The lowest BCUT2D eigenvalue weighted by Gasteiger charge is -2.16. The lowest BCUT2D eigenvalue weighted by Crippen LogP contribution is -2.29. The van der Waals surface area contributed by atoms with Crippen LogP contribution in [0.4, 0.5) is 4.39 Å². The second kappa shape index (κ2) is 7.09. The summed E-state index contributed by atoms with van der Waals surface area (Å²) in [7, 11) is 4.13. The normalized spacial score (nSPS) is 13.1. The predicted octanol–water partition coefficient (Wildman–Crippen LogP) is 3.02. The Morgan fingerprint density at radius 3 is 2.71 bits per heavy atom. The van der Waals surface area contributed by atoms with Crippen molar-refractivity contribution in [1.82, 2.24) is 10.2 Å². The molecule has 0 heterocycles. The van der Waals surface area contributed by atoms with Crippen molar-refractivity contribution in [3.8, 4) is 0 Å². The lowest BCUT2D eigenvalue weighted by atomic mass is 10.2. The third-order valence-corrected chi connectivity index (χ3v) is 3.29. The van der Waals surface area contributed by atoms with Gasteiger partial charge < -0.3 is 10.2 Å². The number of halogens is 2. The molecule has 0 aromatic heterocycles.